The molecule has 0 bridgehead atoms. The number of hydrogen-bond donors (Lipinski definition) is 1. The van der Waals surface area contributed by atoms with Crippen LogP contribution in [-0.4, -0.2) is 21.8 Å². The number of aliphatic hydroxyl groups is 1. The summed E-state index contributed by atoms with van der Waals surface area (Å²) in [5.74, 6) is -2.26. The molecule has 1 amide bonds. The number of hydrogen-bond acceptors (Lipinski definition) is 5. The highest BCUT2D eigenvalue weighted by molar-refractivity contribution is 7.14. The van der Waals surface area contributed by atoms with E-state index in [0.29, 0.717) is 16.3 Å². The van der Waals surface area contributed by atoms with Crippen LogP contribution in [0, 0.1) is 19.7 Å². The van der Waals surface area contributed by atoms with Gasteiger partial charge in [-0.2, -0.15) is 0 Å². The maximum absolute atomic E-state index is 13.5. The molecule has 1 aromatic heterocycles. The lowest BCUT2D eigenvalue weighted by atomic mass is 9.93. The van der Waals surface area contributed by atoms with Crippen molar-refractivity contribution in [3.8, 4) is 0 Å². The number of carbonyl (C=O) groups excluding carboxylic acids is 2. The zero-order valence-electron chi connectivity index (χ0n) is 15.7. The van der Waals surface area contributed by atoms with E-state index in [9.17, 15) is 19.1 Å². The van der Waals surface area contributed by atoms with Crippen LogP contribution in [0.25, 0.3) is 5.76 Å². The zero-order valence-corrected chi connectivity index (χ0v) is 16.5. The van der Waals surface area contributed by atoms with E-state index in [2.05, 4.69) is 4.98 Å². The highest BCUT2D eigenvalue weighted by Gasteiger charge is 2.48. The van der Waals surface area contributed by atoms with Gasteiger partial charge < -0.3 is 5.11 Å². The van der Waals surface area contributed by atoms with E-state index in [4.69, 9.17) is 0 Å². The summed E-state index contributed by atoms with van der Waals surface area (Å²) >= 11 is 1.21. The summed E-state index contributed by atoms with van der Waals surface area (Å²) in [6.07, 6.45) is 1.53. The smallest absolute Gasteiger partial charge is 0.301 e. The lowest BCUT2D eigenvalue weighted by Crippen LogP contribution is -2.29. The average molecular weight is 408 g/mol. The second-order valence-corrected chi connectivity index (χ2v) is 7.73. The first-order valence-electron chi connectivity index (χ1n) is 8.92. The van der Waals surface area contributed by atoms with Crippen LogP contribution in [0.1, 0.15) is 28.3 Å². The van der Waals surface area contributed by atoms with E-state index in [1.165, 1.54) is 46.7 Å². The highest BCUT2D eigenvalue weighted by Crippen LogP contribution is 2.43. The number of benzene rings is 2. The number of thiazole rings is 1. The third-order valence-corrected chi connectivity index (χ3v) is 5.67. The van der Waals surface area contributed by atoms with Crippen LogP contribution < -0.4 is 4.90 Å². The third kappa shape index (κ3) is 3.23. The van der Waals surface area contributed by atoms with E-state index in [1.54, 1.807) is 11.4 Å². The maximum Gasteiger partial charge on any atom is 0.301 e. The van der Waals surface area contributed by atoms with E-state index >= 15 is 0 Å². The van der Waals surface area contributed by atoms with Gasteiger partial charge in [-0.15, -0.1) is 11.3 Å². The van der Waals surface area contributed by atoms with Crippen molar-refractivity contribution < 1.29 is 19.1 Å². The van der Waals surface area contributed by atoms with Gasteiger partial charge in [-0.25, -0.2) is 9.37 Å². The summed E-state index contributed by atoms with van der Waals surface area (Å²) in [6.45, 7) is 3.69. The largest absolute Gasteiger partial charge is 0.507 e. The molecule has 4 rings (SSSR count). The normalized spacial score (nSPS) is 18.4. The van der Waals surface area contributed by atoms with Gasteiger partial charge in [-0.3, -0.25) is 14.5 Å². The molecule has 0 aliphatic carbocycles. The molecular formula is C22H17FN2O3S. The van der Waals surface area contributed by atoms with Crippen LogP contribution in [0.2, 0.25) is 0 Å². The fourth-order valence-electron chi connectivity index (χ4n) is 3.46. The first-order valence-corrected chi connectivity index (χ1v) is 9.80. The molecule has 0 spiro atoms. The number of aliphatic hydroxyl groups excluding tert-OH is 1. The molecule has 1 aliphatic heterocycles. The fourth-order valence-corrected chi connectivity index (χ4v) is 4.13. The first kappa shape index (κ1) is 19.0. The average Bonchev–Trinajstić information content (AvgIpc) is 3.31. The molecule has 1 atom stereocenters. The lowest BCUT2D eigenvalue weighted by Gasteiger charge is -2.23. The van der Waals surface area contributed by atoms with Crippen molar-refractivity contribution in [3.05, 3.63) is 87.7 Å². The molecule has 3 aromatic rings. The van der Waals surface area contributed by atoms with Gasteiger partial charge >= 0.3 is 5.91 Å². The van der Waals surface area contributed by atoms with Crippen LogP contribution in [0.4, 0.5) is 9.52 Å². The van der Waals surface area contributed by atoms with Crippen LogP contribution in [-0.2, 0) is 9.59 Å². The molecule has 0 saturated carbocycles. The number of aromatic nitrogens is 1. The molecule has 29 heavy (non-hydrogen) atoms. The summed E-state index contributed by atoms with van der Waals surface area (Å²) in [5.41, 5.74) is 2.63. The van der Waals surface area contributed by atoms with Gasteiger partial charge in [-0.05, 0) is 43.2 Å². The number of Topliss-reactive ketones (excluding diaryl/α,β-unsaturated/α-hetero) is 1. The molecule has 2 heterocycles. The van der Waals surface area contributed by atoms with Crippen molar-refractivity contribution in [2.75, 3.05) is 4.90 Å². The summed E-state index contributed by atoms with van der Waals surface area (Å²) in [5, 5.41) is 13.1. The van der Waals surface area contributed by atoms with Crippen LogP contribution in [0.3, 0.4) is 0 Å². The molecule has 5 nitrogen and oxygen atoms in total. The van der Waals surface area contributed by atoms with Gasteiger partial charge in [0.25, 0.3) is 5.78 Å². The molecular weight excluding hydrogens is 391 g/mol. The SMILES string of the molecule is Cc1ccc(C)c(C(O)=C2C(=O)C(=O)N(c3nccs3)C2c2ccc(F)cc2)c1. The van der Waals surface area contributed by atoms with Crippen molar-refractivity contribution in [2.45, 2.75) is 19.9 Å². The Hall–Kier alpha value is -3.32. The predicted molar refractivity (Wildman–Crippen MR) is 109 cm³/mol. The minimum absolute atomic E-state index is 0.0366. The second kappa shape index (κ2) is 7.25. The Balaban J connectivity index is 1.97. The molecule has 7 heteroatoms. The van der Waals surface area contributed by atoms with Crippen molar-refractivity contribution in [1.82, 2.24) is 4.98 Å². The second-order valence-electron chi connectivity index (χ2n) is 6.85. The van der Waals surface area contributed by atoms with Crippen molar-refractivity contribution in [3.63, 3.8) is 0 Å². The Morgan fingerprint density at radius 3 is 2.52 bits per heavy atom. The molecule has 146 valence electrons. The maximum atomic E-state index is 13.5. The molecule has 2 aromatic carbocycles. The van der Waals surface area contributed by atoms with Gasteiger partial charge in [0.05, 0.1) is 11.6 Å². The van der Waals surface area contributed by atoms with E-state index in [-0.39, 0.29) is 11.3 Å². The van der Waals surface area contributed by atoms with Gasteiger partial charge in [0.1, 0.15) is 11.6 Å². The fraction of sp³-hybridized carbons (Fsp3) is 0.136. The molecule has 1 saturated heterocycles. The Morgan fingerprint density at radius 1 is 1.14 bits per heavy atom. The summed E-state index contributed by atoms with van der Waals surface area (Å²) in [6, 6.07) is 10.1. The monoisotopic (exact) mass is 408 g/mol. The van der Waals surface area contributed by atoms with Crippen molar-refractivity contribution in [1.29, 1.82) is 0 Å². The van der Waals surface area contributed by atoms with E-state index in [1.807, 2.05) is 26.0 Å². The topological polar surface area (TPSA) is 70.5 Å². The molecule has 1 N–H and O–H groups in total. The van der Waals surface area contributed by atoms with Crippen LogP contribution >= 0.6 is 11.3 Å². The minimum Gasteiger partial charge on any atom is -0.507 e. The Kier molecular flexibility index (Phi) is 4.76. The summed E-state index contributed by atoms with van der Waals surface area (Å²) in [4.78, 5) is 31.3. The number of anilines is 1. The van der Waals surface area contributed by atoms with E-state index < -0.39 is 23.5 Å². The number of carbonyl (C=O) groups is 2. The number of amides is 1. The Labute approximate surface area is 170 Å². The van der Waals surface area contributed by atoms with Gasteiger partial charge in [0.2, 0.25) is 0 Å². The van der Waals surface area contributed by atoms with Crippen LogP contribution in [0.5, 0.6) is 0 Å². The predicted octanol–water partition coefficient (Wildman–Crippen LogP) is 4.53. The first-order chi connectivity index (χ1) is 13.9. The molecule has 0 radical (unpaired) electrons. The summed E-state index contributed by atoms with van der Waals surface area (Å²) < 4.78 is 13.5. The highest BCUT2D eigenvalue weighted by atomic mass is 32.1. The zero-order chi connectivity index (χ0) is 20.7. The van der Waals surface area contributed by atoms with Crippen molar-refractivity contribution in [2.24, 2.45) is 0 Å². The molecule has 1 unspecified atom stereocenters. The number of rotatable bonds is 3. The van der Waals surface area contributed by atoms with Gasteiger partial charge in [0.15, 0.2) is 5.13 Å². The number of ketones is 1. The van der Waals surface area contributed by atoms with Gasteiger partial charge in [0, 0.05) is 17.1 Å². The van der Waals surface area contributed by atoms with Crippen LogP contribution in [0.15, 0.2) is 59.6 Å². The third-order valence-electron chi connectivity index (χ3n) is 4.90. The lowest BCUT2D eigenvalue weighted by molar-refractivity contribution is -0.132. The molecule has 1 fully saturated rings. The van der Waals surface area contributed by atoms with Gasteiger partial charge in [-0.1, -0.05) is 29.8 Å². The van der Waals surface area contributed by atoms with E-state index in [0.717, 1.165) is 11.1 Å². The Morgan fingerprint density at radius 2 is 1.86 bits per heavy atom. The standard InChI is InChI=1S/C22H17FN2O3S/c1-12-3-4-13(2)16(11-12)19(26)17-18(14-5-7-15(23)8-6-14)25(21(28)20(17)27)22-24-9-10-29-22/h3-11,18,26H,1-2H3. The molecule has 1 aliphatic rings. The summed E-state index contributed by atoms with van der Waals surface area (Å²) in [7, 11) is 0. The minimum atomic E-state index is -0.901. The van der Waals surface area contributed by atoms with Crippen molar-refractivity contribution >= 4 is 33.9 Å². The Bertz CT molecular complexity index is 1140. The number of halogens is 1. The number of aryl methyl sites for hydroxylation is 2. The number of nitrogens with zero attached hydrogens (tertiary/aromatic N) is 2. The quantitative estimate of drug-likeness (QED) is 0.393.